The number of rotatable bonds is 20. The molecule has 2 amide bonds. The molecule has 280 valence electrons. The summed E-state index contributed by atoms with van der Waals surface area (Å²) in [5.74, 6) is -0.745. The van der Waals surface area contributed by atoms with Gasteiger partial charge in [0.1, 0.15) is 12.3 Å². The average Bonchev–Trinajstić information content (AvgIpc) is 3.37. The number of hydrogen-bond acceptors (Lipinski definition) is 13. The zero-order chi connectivity index (χ0) is 37.1. The Hall–Kier alpha value is -2.87. The predicted molar refractivity (Wildman–Crippen MR) is 172 cm³/mol. The van der Waals surface area contributed by atoms with E-state index in [9.17, 15) is 47.8 Å². The molecule has 0 spiro atoms. The molecule has 0 bridgehead atoms. The van der Waals surface area contributed by atoms with Crippen LogP contribution in [0.25, 0.3) is 0 Å². The van der Waals surface area contributed by atoms with E-state index in [-0.39, 0.29) is 17.9 Å². The number of benzene rings is 1. The van der Waals surface area contributed by atoms with Gasteiger partial charge in [-0.05, 0) is 24.8 Å². The standard InChI is InChI=1S/C26H40N5O16P3/c27-19(12-17-8-4-3-5-9-17)25(35)29-11-7-2-1-6-10-28-22(33)13-18-15-31(26(36)30-24(18)34)23-14-20(32)21(45-23)16-44-49(40,41)47-50(42,43)46-48(37,38)39/h3-5,8-9,15,19-21,23,32H,1-2,6-7,10-14,16,27H2,(H,28,33)(H,29,35)(H,40,41)(H,42,43)(H,30,34,36)(H2,37,38,39)/t19-,20-,21+,23+/m0/s1. The van der Waals surface area contributed by atoms with Crippen molar-refractivity contribution in [3.05, 3.63) is 68.5 Å². The minimum Gasteiger partial charge on any atom is -0.390 e. The second kappa shape index (κ2) is 18.6. The molecule has 1 fully saturated rings. The number of H-pyrrole nitrogens is 1. The van der Waals surface area contributed by atoms with Gasteiger partial charge in [0.2, 0.25) is 11.8 Å². The molecular formula is C26H40N5O16P3. The third-order valence-corrected chi connectivity index (χ3v) is 10.9. The lowest BCUT2D eigenvalue weighted by Gasteiger charge is -2.19. The van der Waals surface area contributed by atoms with Gasteiger partial charge < -0.3 is 45.8 Å². The van der Waals surface area contributed by atoms with Crippen molar-refractivity contribution in [3.63, 3.8) is 0 Å². The maximum absolute atomic E-state index is 12.5. The molecule has 1 aromatic carbocycles. The van der Waals surface area contributed by atoms with Crippen LogP contribution in [0.2, 0.25) is 0 Å². The van der Waals surface area contributed by atoms with Crippen LogP contribution in [0.5, 0.6) is 0 Å². The maximum atomic E-state index is 12.5. The van der Waals surface area contributed by atoms with Crippen molar-refractivity contribution in [2.45, 2.75) is 69.4 Å². The highest BCUT2D eigenvalue weighted by Gasteiger charge is 2.43. The van der Waals surface area contributed by atoms with Crippen LogP contribution in [0.3, 0.4) is 0 Å². The highest BCUT2D eigenvalue weighted by molar-refractivity contribution is 7.66. The first kappa shape index (κ1) is 41.5. The van der Waals surface area contributed by atoms with E-state index in [1.54, 1.807) is 0 Å². The number of aromatic nitrogens is 2. The Balaban J connectivity index is 1.40. The fourth-order valence-corrected chi connectivity index (χ4v) is 7.77. The van der Waals surface area contributed by atoms with Gasteiger partial charge in [0.05, 0.1) is 25.2 Å². The van der Waals surface area contributed by atoms with Gasteiger partial charge in [-0.3, -0.25) is 28.5 Å². The third-order valence-electron chi connectivity index (χ3n) is 7.08. The maximum Gasteiger partial charge on any atom is 0.490 e. The normalized spacial score (nSPS) is 20.8. The van der Waals surface area contributed by atoms with Gasteiger partial charge in [-0.25, -0.2) is 18.5 Å². The Morgan fingerprint density at radius 3 is 2.26 bits per heavy atom. The van der Waals surface area contributed by atoms with Crippen molar-refractivity contribution in [1.29, 1.82) is 0 Å². The van der Waals surface area contributed by atoms with Crippen molar-refractivity contribution in [3.8, 4) is 0 Å². The number of unbranched alkanes of at least 4 members (excludes halogenated alkanes) is 3. The summed E-state index contributed by atoms with van der Waals surface area (Å²) < 4.78 is 52.2. The Morgan fingerprint density at radius 2 is 1.62 bits per heavy atom. The van der Waals surface area contributed by atoms with Crippen LogP contribution in [-0.2, 0) is 54.0 Å². The van der Waals surface area contributed by atoms with Gasteiger partial charge in [-0.1, -0.05) is 43.2 Å². The number of amides is 2. The Morgan fingerprint density at radius 1 is 0.980 bits per heavy atom. The first-order valence-corrected chi connectivity index (χ1v) is 19.7. The van der Waals surface area contributed by atoms with Crippen LogP contribution in [0.4, 0.5) is 0 Å². The molecule has 1 saturated heterocycles. The number of nitrogens with zero attached hydrogens (tertiary/aromatic N) is 1. The highest BCUT2D eigenvalue weighted by atomic mass is 31.3. The molecule has 3 rings (SSSR count). The SMILES string of the molecule is N[C@@H](Cc1ccccc1)C(=O)NCCCCCCNC(=O)Cc1cn([C@H]2C[C@H](O)[C@@H](COP(=O)(O)OP(=O)(O)OP(=O)(O)O)O2)c(=O)[nH]c1=O. The first-order valence-electron chi connectivity index (χ1n) is 15.1. The third kappa shape index (κ3) is 14.4. The lowest BCUT2D eigenvalue weighted by molar-refractivity contribution is -0.122. The van der Waals surface area contributed by atoms with Gasteiger partial charge in [0.25, 0.3) is 5.56 Å². The number of nitrogens with one attached hydrogen (secondary N) is 3. The number of hydrogen-bond donors (Lipinski definition) is 9. The minimum absolute atomic E-state index is 0.113. The largest absolute Gasteiger partial charge is 0.490 e. The quantitative estimate of drug-likeness (QED) is 0.0601. The van der Waals surface area contributed by atoms with Crippen LogP contribution >= 0.6 is 23.5 Å². The second-order valence-corrected chi connectivity index (χ2v) is 15.6. The number of nitrogens with two attached hydrogens (primary N) is 1. The number of phosphoric acid groups is 3. The summed E-state index contributed by atoms with van der Waals surface area (Å²) in [5, 5.41) is 15.8. The van der Waals surface area contributed by atoms with E-state index in [0.29, 0.717) is 32.4 Å². The smallest absolute Gasteiger partial charge is 0.390 e. The molecule has 10 N–H and O–H groups in total. The molecule has 6 atom stereocenters. The number of aliphatic hydroxyl groups excluding tert-OH is 1. The van der Waals surface area contributed by atoms with Crippen LogP contribution < -0.4 is 27.6 Å². The molecule has 1 aromatic heterocycles. The Bertz CT molecular complexity index is 1720. The summed E-state index contributed by atoms with van der Waals surface area (Å²) in [6, 6.07) is 8.79. The van der Waals surface area contributed by atoms with Gasteiger partial charge >= 0.3 is 29.2 Å². The number of aliphatic hydroxyl groups is 1. The van der Waals surface area contributed by atoms with E-state index in [4.69, 9.17) is 20.3 Å². The first-order chi connectivity index (χ1) is 23.3. The average molecular weight is 772 g/mol. The monoisotopic (exact) mass is 771 g/mol. The molecule has 24 heteroatoms. The van der Waals surface area contributed by atoms with Crippen molar-refractivity contribution in [2.24, 2.45) is 5.73 Å². The van der Waals surface area contributed by atoms with Crippen molar-refractivity contribution < 1.29 is 65.8 Å². The van der Waals surface area contributed by atoms with E-state index in [0.717, 1.165) is 29.2 Å². The summed E-state index contributed by atoms with van der Waals surface area (Å²) in [4.78, 5) is 87.6. The van der Waals surface area contributed by atoms with Crippen molar-refractivity contribution in [1.82, 2.24) is 20.2 Å². The summed E-state index contributed by atoms with van der Waals surface area (Å²) in [5.41, 5.74) is 5.03. The van der Waals surface area contributed by atoms with Crippen LogP contribution in [-0.4, -0.2) is 84.0 Å². The molecule has 2 heterocycles. The molecule has 21 nitrogen and oxygen atoms in total. The second-order valence-electron chi connectivity index (χ2n) is 11.2. The van der Waals surface area contributed by atoms with E-state index in [1.807, 2.05) is 35.3 Å². The zero-order valence-corrected chi connectivity index (χ0v) is 29.1. The predicted octanol–water partition coefficient (Wildman–Crippen LogP) is -0.566. The summed E-state index contributed by atoms with van der Waals surface area (Å²) in [6.45, 7) is -0.200. The van der Waals surface area contributed by atoms with Gasteiger partial charge in [0.15, 0.2) is 0 Å². The van der Waals surface area contributed by atoms with Crippen molar-refractivity contribution in [2.75, 3.05) is 19.7 Å². The topological polar surface area (TPSA) is 328 Å². The number of phosphoric ester groups is 1. The molecule has 0 saturated carbocycles. The Labute approximate surface area is 284 Å². The van der Waals surface area contributed by atoms with E-state index in [2.05, 4.69) is 23.8 Å². The fraction of sp³-hybridized carbons (Fsp3) is 0.538. The Kier molecular flexibility index (Phi) is 15.4. The van der Waals surface area contributed by atoms with Crippen LogP contribution in [0.15, 0.2) is 46.1 Å². The lowest BCUT2D eigenvalue weighted by Crippen LogP contribution is -2.42. The number of ether oxygens (including phenoxy) is 1. The summed E-state index contributed by atoms with van der Waals surface area (Å²) in [7, 11) is -16.9. The van der Waals surface area contributed by atoms with E-state index < -0.39 is 78.1 Å². The lowest BCUT2D eigenvalue weighted by atomic mass is 10.1. The number of carbonyl (C=O) groups excluding carboxylic acids is 2. The summed E-state index contributed by atoms with van der Waals surface area (Å²) in [6.07, 6.45) is -0.462. The van der Waals surface area contributed by atoms with Gasteiger partial charge in [-0.2, -0.15) is 8.62 Å². The van der Waals surface area contributed by atoms with Gasteiger partial charge in [-0.15, -0.1) is 0 Å². The zero-order valence-electron chi connectivity index (χ0n) is 26.4. The number of aromatic amines is 1. The molecule has 0 radical (unpaired) electrons. The van der Waals surface area contributed by atoms with E-state index in [1.165, 1.54) is 0 Å². The molecule has 1 aliphatic rings. The van der Waals surface area contributed by atoms with Gasteiger partial charge in [0, 0.05) is 31.3 Å². The fourth-order valence-electron chi connectivity index (χ4n) is 4.74. The highest BCUT2D eigenvalue weighted by Crippen LogP contribution is 2.66. The summed E-state index contributed by atoms with van der Waals surface area (Å²) >= 11 is 0. The molecule has 0 aliphatic carbocycles. The number of carbonyl (C=O) groups is 2. The van der Waals surface area contributed by atoms with E-state index >= 15 is 0 Å². The molecular weight excluding hydrogens is 731 g/mol. The van der Waals surface area contributed by atoms with Crippen LogP contribution in [0, 0.1) is 0 Å². The molecule has 2 aromatic rings. The van der Waals surface area contributed by atoms with Crippen molar-refractivity contribution >= 4 is 35.3 Å². The molecule has 2 unspecified atom stereocenters. The molecule has 1 aliphatic heterocycles. The minimum atomic E-state index is -5.76. The van der Waals surface area contributed by atoms with Crippen LogP contribution in [0.1, 0.15) is 49.5 Å². The molecule has 50 heavy (non-hydrogen) atoms.